The van der Waals surface area contributed by atoms with Crippen LogP contribution >= 0.6 is 0 Å². The summed E-state index contributed by atoms with van der Waals surface area (Å²) in [5, 5.41) is 3.44. The SMILES string of the molecule is COCCCN(Cc1ccc(F)cc1)C(=O)c1ccc([C@@H]2CCCNC2)cc1. The maximum Gasteiger partial charge on any atom is 0.254 e. The maximum absolute atomic E-state index is 13.2. The number of nitrogens with zero attached hydrogens (tertiary/aromatic N) is 1. The van der Waals surface area contributed by atoms with Crippen molar-refractivity contribution in [1.29, 1.82) is 0 Å². The Morgan fingerprint density at radius 1 is 1.18 bits per heavy atom. The van der Waals surface area contributed by atoms with Gasteiger partial charge in [-0.05, 0) is 67.1 Å². The summed E-state index contributed by atoms with van der Waals surface area (Å²) in [6.07, 6.45) is 3.14. The zero-order chi connectivity index (χ0) is 19.8. The van der Waals surface area contributed by atoms with Crippen LogP contribution in [-0.4, -0.2) is 44.2 Å². The molecule has 1 aliphatic rings. The molecule has 0 aromatic heterocycles. The van der Waals surface area contributed by atoms with Crippen LogP contribution in [0, 0.1) is 5.82 Å². The van der Waals surface area contributed by atoms with E-state index in [4.69, 9.17) is 4.74 Å². The smallest absolute Gasteiger partial charge is 0.254 e. The highest BCUT2D eigenvalue weighted by Gasteiger charge is 2.18. The molecule has 1 aliphatic heterocycles. The molecular formula is C23H29FN2O2. The van der Waals surface area contributed by atoms with Crippen molar-refractivity contribution in [2.45, 2.75) is 31.7 Å². The number of amides is 1. The zero-order valence-corrected chi connectivity index (χ0v) is 16.5. The lowest BCUT2D eigenvalue weighted by atomic mass is 9.91. The Kier molecular flexibility index (Phi) is 7.57. The Morgan fingerprint density at radius 2 is 1.93 bits per heavy atom. The summed E-state index contributed by atoms with van der Waals surface area (Å²) < 4.78 is 18.3. The first-order chi connectivity index (χ1) is 13.7. The van der Waals surface area contributed by atoms with E-state index in [0.717, 1.165) is 25.1 Å². The van der Waals surface area contributed by atoms with E-state index in [9.17, 15) is 9.18 Å². The van der Waals surface area contributed by atoms with Gasteiger partial charge in [-0.3, -0.25) is 4.79 Å². The van der Waals surface area contributed by atoms with Crippen LogP contribution < -0.4 is 5.32 Å². The van der Waals surface area contributed by atoms with Gasteiger partial charge in [-0.15, -0.1) is 0 Å². The second-order valence-corrected chi connectivity index (χ2v) is 7.36. The Balaban J connectivity index is 1.70. The Bertz CT molecular complexity index is 740. The summed E-state index contributed by atoms with van der Waals surface area (Å²) in [5.74, 6) is 0.248. The molecule has 0 aliphatic carbocycles. The fourth-order valence-corrected chi connectivity index (χ4v) is 3.68. The van der Waals surface area contributed by atoms with Crippen molar-refractivity contribution in [3.63, 3.8) is 0 Å². The van der Waals surface area contributed by atoms with Crippen molar-refractivity contribution in [1.82, 2.24) is 10.2 Å². The molecule has 4 nitrogen and oxygen atoms in total. The number of nitrogens with one attached hydrogen (secondary N) is 1. The standard InChI is InChI=1S/C23H29FN2O2/c1-28-15-3-14-26(17-18-5-11-22(24)12-6-18)23(27)20-9-7-19(8-10-20)21-4-2-13-25-16-21/h5-12,21,25H,2-4,13-17H2,1H3/t21-/m1/s1. The van der Waals surface area contributed by atoms with E-state index in [1.165, 1.54) is 30.5 Å². The Morgan fingerprint density at radius 3 is 2.57 bits per heavy atom. The molecule has 0 bridgehead atoms. The second kappa shape index (κ2) is 10.3. The van der Waals surface area contributed by atoms with Crippen molar-refractivity contribution < 1.29 is 13.9 Å². The predicted octanol–water partition coefficient (Wildman–Crippen LogP) is 3.97. The van der Waals surface area contributed by atoms with Crippen molar-refractivity contribution in [3.8, 4) is 0 Å². The fourth-order valence-electron chi connectivity index (χ4n) is 3.68. The Hall–Kier alpha value is -2.24. The molecule has 1 fully saturated rings. The van der Waals surface area contributed by atoms with E-state index in [-0.39, 0.29) is 11.7 Å². The van der Waals surface area contributed by atoms with Crippen LogP contribution in [0.15, 0.2) is 48.5 Å². The van der Waals surface area contributed by atoms with Crippen LogP contribution in [0.4, 0.5) is 4.39 Å². The van der Waals surface area contributed by atoms with Crippen LogP contribution in [0.25, 0.3) is 0 Å². The highest BCUT2D eigenvalue weighted by molar-refractivity contribution is 5.94. The minimum atomic E-state index is -0.270. The van der Waals surface area contributed by atoms with Crippen LogP contribution in [0.5, 0.6) is 0 Å². The fraction of sp³-hybridized carbons (Fsp3) is 0.435. The molecule has 1 atom stereocenters. The maximum atomic E-state index is 13.2. The summed E-state index contributed by atoms with van der Waals surface area (Å²) in [4.78, 5) is 14.9. The van der Waals surface area contributed by atoms with Gasteiger partial charge in [-0.25, -0.2) is 4.39 Å². The zero-order valence-electron chi connectivity index (χ0n) is 16.5. The van der Waals surface area contributed by atoms with Gasteiger partial charge >= 0.3 is 0 Å². The first kappa shape index (κ1) is 20.5. The second-order valence-electron chi connectivity index (χ2n) is 7.36. The third-order valence-electron chi connectivity index (χ3n) is 5.28. The number of piperidine rings is 1. The highest BCUT2D eigenvalue weighted by atomic mass is 19.1. The van der Waals surface area contributed by atoms with Crippen LogP contribution in [-0.2, 0) is 11.3 Å². The minimum Gasteiger partial charge on any atom is -0.385 e. The van der Waals surface area contributed by atoms with Gasteiger partial charge in [-0.2, -0.15) is 0 Å². The van der Waals surface area contributed by atoms with Crippen molar-refractivity contribution in [2.75, 3.05) is 33.4 Å². The molecule has 1 amide bonds. The molecule has 5 heteroatoms. The molecule has 1 saturated heterocycles. The number of benzene rings is 2. The topological polar surface area (TPSA) is 41.6 Å². The highest BCUT2D eigenvalue weighted by Crippen LogP contribution is 2.24. The molecule has 3 rings (SSSR count). The summed E-state index contributed by atoms with van der Waals surface area (Å²) in [6.45, 7) is 3.74. The largest absolute Gasteiger partial charge is 0.385 e. The first-order valence-electron chi connectivity index (χ1n) is 10.0. The molecule has 1 N–H and O–H groups in total. The summed E-state index contributed by atoms with van der Waals surface area (Å²) >= 11 is 0. The van der Waals surface area contributed by atoms with Gasteiger partial charge in [0.1, 0.15) is 5.82 Å². The third kappa shape index (κ3) is 5.63. The third-order valence-corrected chi connectivity index (χ3v) is 5.28. The summed E-state index contributed by atoms with van der Waals surface area (Å²) in [6, 6.07) is 14.3. The number of carbonyl (C=O) groups is 1. The number of carbonyl (C=O) groups excluding carboxylic acids is 1. The van der Waals surface area contributed by atoms with Crippen LogP contribution in [0.2, 0.25) is 0 Å². The van der Waals surface area contributed by atoms with E-state index < -0.39 is 0 Å². The van der Waals surface area contributed by atoms with Gasteiger partial charge in [0.25, 0.3) is 5.91 Å². The number of methoxy groups -OCH3 is 1. The van der Waals surface area contributed by atoms with Gasteiger partial charge in [0.2, 0.25) is 0 Å². The molecule has 0 saturated carbocycles. The van der Waals surface area contributed by atoms with Crippen molar-refractivity contribution >= 4 is 5.91 Å². The molecule has 150 valence electrons. The minimum absolute atomic E-state index is 0.00579. The number of ether oxygens (including phenoxy) is 1. The normalized spacial score (nSPS) is 16.7. The van der Waals surface area contributed by atoms with Crippen LogP contribution in [0.1, 0.15) is 46.7 Å². The van der Waals surface area contributed by atoms with Crippen molar-refractivity contribution in [3.05, 3.63) is 71.0 Å². The van der Waals surface area contributed by atoms with Gasteiger partial charge in [0.05, 0.1) is 0 Å². The van der Waals surface area contributed by atoms with Crippen LogP contribution in [0.3, 0.4) is 0 Å². The van der Waals surface area contributed by atoms with E-state index >= 15 is 0 Å². The molecule has 0 unspecified atom stereocenters. The summed E-state index contributed by atoms with van der Waals surface area (Å²) in [5.41, 5.74) is 2.89. The van der Waals surface area contributed by atoms with Gasteiger partial charge in [0.15, 0.2) is 0 Å². The van der Waals surface area contributed by atoms with Gasteiger partial charge < -0.3 is 15.0 Å². The lowest BCUT2D eigenvalue weighted by molar-refractivity contribution is 0.0723. The molecule has 0 spiro atoms. The van der Waals surface area contributed by atoms with E-state index in [1.807, 2.05) is 17.0 Å². The first-order valence-corrected chi connectivity index (χ1v) is 10.0. The van der Waals surface area contributed by atoms with E-state index in [1.54, 1.807) is 19.2 Å². The monoisotopic (exact) mass is 384 g/mol. The molecular weight excluding hydrogens is 355 g/mol. The number of halogens is 1. The van der Waals surface area contributed by atoms with Crippen molar-refractivity contribution in [2.24, 2.45) is 0 Å². The average molecular weight is 384 g/mol. The molecule has 1 heterocycles. The van der Waals surface area contributed by atoms with E-state index in [2.05, 4.69) is 17.4 Å². The van der Waals surface area contributed by atoms with E-state index in [0.29, 0.717) is 31.2 Å². The number of hydrogen-bond acceptors (Lipinski definition) is 3. The summed E-state index contributed by atoms with van der Waals surface area (Å²) in [7, 11) is 1.66. The number of rotatable bonds is 8. The molecule has 2 aromatic rings. The quantitative estimate of drug-likeness (QED) is 0.700. The lowest BCUT2D eigenvalue weighted by Gasteiger charge is -2.25. The Labute approximate surface area is 166 Å². The molecule has 28 heavy (non-hydrogen) atoms. The lowest BCUT2D eigenvalue weighted by Crippen LogP contribution is -2.32. The molecule has 2 aromatic carbocycles. The predicted molar refractivity (Wildman–Crippen MR) is 109 cm³/mol. The average Bonchev–Trinajstić information content (AvgIpc) is 2.75. The molecule has 0 radical (unpaired) electrons. The number of hydrogen-bond donors (Lipinski definition) is 1. The van der Waals surface area contributed by atoms with Gasteiger partial charge in [0, 0.05) is 38.9 Å². The van der Waals surface area contributed by atoms with Gasteiger partial charge in [-0.1, -0.05) is 24.3 Å².